The molecule has 1 aliphatic heterocycles. The SMILES string of the molecule is C[C@@H]1[C@@H](C2CC2)Nc2ccc(C#N)cc2[C@@H]1NC(=O)O. The van der Waals surface area contributed by atoms with Crippen LogP contribution < -0.4 is 10.6 Å². The van der Waals surface area contributed by atoms with Crippen LogP contribution in [0.1, 0.15) is 36.9 Å². The number of fused-ring (bicyclic) bond motifs is 1. The number of benzene rings is 1. The van der Waals surface area contributed by atoms with Crippen molar-refractivity contribution in [3.63, 3.8) is 0 Å². The minimum atomic E-state index is -1.02. The molecule has 0 bridgehead atoms. The fourth-order valence-corrected chi connectivity index (χ4v) is 3.17. The van der Waals surface area contributed by atoms with Gasteiger partial charge in [0.25, 0.3) is 0 Å². The molecule has 5 heteroatoms. The van der Waals surface area contributed by atoms with Gasteiger partial charge in [0, 0.05) is 17.6 Å². The van der Waals surface area contributed by atoms with E-state index in [0.29, 0.717) is 17.5 Å². The summed E-state index contributed by atoms with van der Waals surface area (Å²) in [4.78, 5) is 11.1. The van der Waals surface area contributed by atoms with Gasteiger partial charge in [-0.05, 0) is 42.5 Å². The second-order valence-electron chi connectivity index (χ2n) is 5.71. The summed E-state index contributed by atoms with van der Waals surface area (Å²) in [5, 5.41) is 24.2. The highest BCUT2D eigenvalue weighted by Gasteiger charge is 2.42. The second kappa shape index (κ2) is 4.71. The Balaban J connectivity index is 2.01. The number of nitriles is 1. The first kappa shape index (κ1) is 12.8. The summed E-state index contributed by atoms with van der Waals surface area (Å²) in [6.45, 7) is 2.07. The van der Waals surface area contributed by atoms with Crippen molar-refractivity contribution in [2.75, 3.05) is 5.32 Å². The Bertz CT molecular complexity index is 589. The van der Waals surface area contributed by atoms with Crippen molar-refractivity contribution in [1.29, 1.82) is 5.26 Å². The summed E-state index contributed by atoms with van der Waals surface area (Å²) in [7, 11) is 0. The monoisotopic (exact) mass is 271 g/mol. The van der Waals surface area contributed by atoms with Crippen molar-refractivity contribution in [3.05, 3.63) is 29.3 Å². The molecule has 1 saturated carbocycles. The van der Waals surface area contributed by atoms with Gasteiger partial charge in [0.15, 0.2) is 0 Å². The molecule has 1 amide bonds. The van der Waals surface area contributed by atoms with Crippen LogP contribution in [-0.4, -0.2) is 17.2 Å². The third kappa shape index (κ3) is 2.18. The molecule has 1 aromatic rings. The summed E-state index contributed by atoms with van der Waals surface area (Å²) in [5.74, 6) is 0.798. The van der Waals surface area contributed by atoms with Crippen LogP contribution in [-0.2, 0) is 0 Å². The van der Waals surface area contributed by atoms with Crippen LogP contribution in [0.15, 0.2) is 18.2 Å². The Morgan fingerprint density at radius 3 is 2.85 bits per heavy atom. The minimum Gasteiger partial charge on any atom is -0.465 e. The lowest BCUT2D eigenvalue weighted by Crippen LogP contribution is -2.44. The van der Waals surface area contributed by atoms with Gasteiger partial charge in [-0.3, -0.25) is 0 Å². The molecular weight excluding hydrogens is 254 g/mol. The van der Waals surface area contributed by atoms with Crippen molar-refractivity contribution in [2.45, 2.75) is 31.8 Å². The first-order valence-corrected chi connectivity index (χ1v) is 6.90. The van der Waals surface area contributed by atoms with E-state index in [1.165, 1.54) is 12.8 Å². The zero-order chi connectivity index (χ0) is 14.3. The summed E-state index contributed by atoms with van der Waals surface area (Å²) in [6, 6.07) is 7.57. The fourth-order valence-electron chi connectivity index (χ4n) is 3.17. The van der Waals surface area contributed by atoms with Gasteiger partial charge in [0.2, 0.25) is 0 Å². The van der Waals surface area contributed by atoms with Crippen molar-refractivity contribution < 1.29 is 9.90 Å². The smallest absolute Gasteiger partial charge is 0.405 e. The Kier molecular flexibility index (Phi) is 3.01. The average molecular weight is 271 g/mol. The zero-order valence-electron chi connectivity index (χ0n) is 11.3. The molecule has 1 fully saturated rings. The maximum Gasteiger partial charge on any atom is 0.405 e. The van der Waals surface area contributed by atoms with Gasteiger partial charge in [-0.2, -0.15) is 5.26 Å². The van der Waals surface area contributed by atoms with E-state index in [4.69, 9.17) is 10.4 Å². The lowest BCUT2D eigenvalue weighted by molar-refractivity contribution is 0.181. The van der Waals surface area contributed by atoms with Gasteiger partial charge in [0.05, 0.1) is 17.7 Å². The minimum absolute atomic E-state index is 0.167. The quantitative estimate of drug-likeness (QED) is 0.772. The Morgan fingerprint density at radius 2 is 2.25 bits per heavy atom. The molecule has 104 valence electrons. The lowest BCUT2D eigenvalue weighted by atomic mass is 9.81. The summed E-state index contributed by atoms with van der Waals surface area (Å²) in [5.41, 5.74) is 2.37. The predicted octanol–water partition coefficient (Wildman–Crippen LogP) is 2.71. The molecule has 1 aromatic carbocycles. The molecule has 0 aromatic heterocycles. The summed E-state index contributed by atoms with van der Waals surface area (Å²) < 4.78 is 0. The third-order valence-electron chi connectivity index (χ3n) is 4.34. The topological polar surface area (TPSA) is 85.2 Å². The molecule has 3 atom stereocenters. The molecule has 2 aliphatic rings. The number of amides is 1. The van der Waals surface area contributed by atoms with E-state index < -0.39 is 6.09 Å². The van der Waals surface area contributed by atoms with E-state index in [2.05, 4.69) is 23.6 Å². The number of carboxylic acid groups (broad SMARTS) is 1. The van der Waals surface area contributed by atoms with Gasteiger partial charge in [0.1, 0.15) is 0 Å². The van der Waals surface area contributed by atoms with Crippen molar-refractivity contribution in [2.24, 2.45) is 11.8 Å². The number of nitrogens with one attached hydrogen (secondary N) is 2. The first-order chi connectivity index (χ1) is 9.60. The Morgan fingerprint density at radius 1 is 1.50 bits per heavy atom. The number of carbonyl (C=O) groups is 1. The molecule has 0 spiro atoms. The molecule has 0 unspecified atom stereocenters. The number of nitrogens with zero attached hydrogens (tertiary/aromatic N) is 1. The first-order valence-electron chi connectivity index (χ1n) is 6.90. The Labute approximate surface area is 117 Å². The number of anilines is 1. The summed E-state index contributed by atoms with van der Waals surface area (Å²) >= 11 is 0. The van der Waals surface area contributed by atoms with Gasteiger partial charge in [-0.15, -0.1) is 0 Å². The average Bonchev–Trinajstić information content (AvgIpc) is 3.25. The van der Waals surface area contributed by atoms with Crippen molar-refractivity contribution in [3.8, 4) is 6.07 Å². The molecule has 0 saturated heterocycles. The van der Waals surface area contributed by atoms with E-state index in [1.807, 2.05) is 6.07 Å². The van der Waals surface area contributed by atoms with Crippen LogP contribution in [0.3, 0.4) is 0 Å². The molecule has 1 aliphatic carbocycles. The maximum absolute atomic E-state index is 11.1. The highest BCUT2D eigenvalue weighted by molar-refractivity contribution is 5.68. The molecule has 3 N–H and O–H groups in total. The third-order valence-corrected chi connectivity index (χ3v) is 4.34. The van der Waals surface area contributed by atoms with E-state index in [1.54, 1.807) is 12.1 Å². The highest BCUT2D eigenvalue weighted by Crippen LogP contribution is 2.45. The molecule has 20 heavy (non-hydrogen) atoms. The molecule has 1 heterocycles. The van der Waals surface area contributed by atoms with Crippen molar-refractivity contribution >= 4 is 11.8 Å². The van der Waals surface area contributed by atoms with Crippen molar-refractivity contribution in [1.82, 2.24) is 5.32 Å². The van der Waals surface area contributed by atoms with Gasteiger partial charge >= 0.3 is 6.09 Å². The van der Waals surface area contributed by atoms with Crippen LogP contribution in [0.5, 0.6) is 0 Å². The van der Waals surface area contributed by atoms with Crippen LogP contribution in [0.2, 0.25) is 0 Å². The van der Waals surface area contributed by atoms with E-state index in [0.717, 1.165) is 11.3 Å². The van der Waals surface area contributed by atoms with Crippen LogP contribution in [0.4, 0.5) is 10.5 Å². The van der Waals surface area contributed by atoms with Gasteiger partial charge in [-0.25, -0.2) is 4.79 Å². The predicted molar refractivity (Wildman–Crippen MR) is 74.4 cm³/mol. The van der Waals surface area contributed by atoms with E-state index >= 15 is 0 Å². The molecule has 3 rings (SSSR count). The summed E-state index contributed by atoms with van der Waals surface area (Å²) in [6.07, 6.45) is 1.38. The number of hydrogen-bond acceptors (Lipinski definition) is 3. The normalized spacial score (nSPS) is 27.9. The van der Waals surface area contributed by atoms with Crippen LogP contribution >= 0.6 is 0 Å². The molecule has 5 nitrogen and oxygen atoms in total. The molecular formula is C15H17N3O2. The second-order valence-corrected chi connectivity index (χ2v) is 5.71. The standard InChI is InChI=1S/C15H17N3O2/c1-8-13(10-3-4-10)17-12-5-2-9(7-16)6-11(12)14(8)18-15(19)20/h2,5-6,8,10,13-14,17-18H,3-4H2,1H3,(H,19,20)/t8-,13+,14-/m1/s1. The highest BCUT2D eigenvalue weighted by atomic mass is 16.4. The largest absolute Gasteiger partial charge is 0.465 e. The maximum atomic E-state index is 11.1. The van der Waals surface area contributed by atoms with Gasteiger partial charge < -0.3 is 15.7 Å². The van der Waals surface area contributed by atoms with Gasteiger partial charge in [-0.1, -0.05) is 6.92 Å². The fraction of sp³-hybridized carbons (Fsp3) is 0.467. The zero-order valence-corrected chi connectivity index (χ0v) is 11.3. The van der Waals surface area contributed by atoms with Crippen LogP contribution in [0.25, 0.3) is 0 Å². The number of hydrogen-bond donors (Lipinski definition) is 3. The lowest BCUT2D eigenvalue weighted by Gasteiger charge is -2.39. The number of rotatable bonds is 2. The van der Waals surface area contributed by atoms with E-state index in [-0.39, 0.29) is 12.0 Å². The van der Waals surface area contributed by atoms with Crippen LogP contribution in [0, 0.1) is 23.2 Å². The Hall–Kier alpha value is -2.22. The molecule has 0 radical (unpaired) electrons. The van der Waals surface area contributed by atoms with E-state index in [9.17, 15) is 4.79 Å².